The Morgan fingerprint density at radius 1 is 1.26 bits per heavy atom. The molecule has 1 amide bonds. The lowest BCUT2D eigenvalue weighted by atomic mass is 10.1. The Kier molecular flexibility index (Phi) is 2.79. The Bertz CT molecular complexity index is 767. The number of nitrogens with two attached hydrogens (primary N) is 1. The molecule has 1 aromatic carbocycles. The molecule has 2 heterocycles. The molecule has 0 unspecified atom stereocenters. The summed E-state index contributed by atoms with van der Waals surface area (Å²) in [4.78, 5) is 22.6. The molecule has 0 fully saturated rings. The molecule has 94 valence electrons. The van der Waals surface area contributed by atoms with Crippen LogP contribution in [0.15, 0.2) is 41.4 Å². The average Bonchev–Trinajstić information content (AvgIpc) is 2.85. The topological polar surface area (TPSA) is 84.7 Å². The summed E-state index contributed by atoms with van der Waals surface area (Å²) in [6, 6.07) is 5.43. The molecule has 0 aliphatic rings. The van der Waals surface area contributed by atoms with E-state index < -0.39 is 5.91 Å². The number of benzene rings is 1. The lowest BCUT2D eigenvalue weighted by Crippen LogP contribution is -2.11. The van der Waals surface area contributed by atoms with Gasteiger partial charge in [-0.1, -0.05) is 15.9 Å². The van der Waals surface area contributed by atoms with E-state index in [4.69, 9.17) is 5.73 Å². The number of hydrogen-bond donors (Lipinski definition) is 2. The second kappa shape index (κ2) is 4.47. The molecule has 0 atom stereocenters. The van der Waals surface area contributed by atoms with Gasteiger partial charge in [0.05, 0.1) is 11.1 Å². The molecule has 3 aromatic rings. The number of rotatable bonds is 2. The number of carbonyl (C=O) groups is 1. The SMILES string of the molecule is NC(=O)c1ccc(Br)c2cc(-c3cncnc3)[nH]c12. The maximum atomic E-state index is 11.4. The van der Waals surface area contributed by atoms with Crippen LogP contribution in [0, 0.1) is 0 Å². The van der Waals surface area contributed by atoms with Gasteiger partial charge < -0.3 is 10.7 Å². The van der Waals surface area contributed by atoms with E-state index in [1.165, 1.54) is 6.33 Å². The molecule has 3 rings (SSSR count). The first-order chi connectivity index (χ1) is 9.16. The highest BCUT2D eigenvalue weighted by molar-refractivity contribution is 9.10. The Balaban J connectivity index is 2.29. The molecule has 0 aliphatic heterocycles. The van der Waals surface area contributed by atoms with E-state index >= 15 is 0 Å². The van der Waals surface area contributed by atoms with Crippen molar-refractivity contribution >= 4 is 32.7 Å². The van der Waals surface area contributed by atoms with E-state index in [-0.39, 0.29) is 0 Å². The number of amides is 1. The monoisotopic (exact) mass is 316 g/mol. The molecule has 19 heavy (non-hydrogen) atoms. The van der Waals surface area contributed by atoms with E-state index in [0.29, 0.717) is 11.1 Å². The normalized spacial score (nSPS) is 10.8. The van der Waals surface area contributed by atoms with E-state index in [1.54, 1.807) is 18.5 Å². The molecular weight excluding hydrogens is 308 g/mol. The second-order valence-electron chi connectivity index (χ2n) is 4.06. The molecule has 3 N–H and O–H groups in total. The summed E-state index contributed by atoms with van der Waals surface area (Å²) in [6.07, 6.45) is 4.88. The lowest BCUT2D eigenvalue weighted by Gasteiger charge is -1.99. The number of carbonyl (C=O) groups excluding carboxylic acids is 1. The van der Waals surface area contributed by atoms with Crippen molar-refractivity contribution < 1.29 is 4.79 Å². The van der Waals surface area contributed by atoms with Gasteiger partial charge in [-0.05, 0) is 18.2 Å². The first-order valence-corrected chi connectivity index (χ1v) is 6.32. The van der Waals surface area contributed by atoms with Crippen molar-refractivity contribution in [2.24, 2.45) is 5.73 Å². The van der Waals surface area contributed by atoms with Crippen molar-refractivity contribution in [2.45, 2.75) is 0 Å². The Hall–Kier alpha value is -2.21. The molecule has 0 saturated heterocycles. The van der Waals surface area contributed by atoms with Crippen LogP contribution in [0.3, 0.4) is 0 Å². The fourth-order valence-corrected chi connectivity index (χ4v) is 2.43. The smallest absolute Gasteiger partial charge is 0.250 e. The summed E-state index contributed by atoms with van der Waals surface area (Å²) >= 11 is 3.46. The number of H-pyrrole nitrogens is 1. The third-order valence-corrected chi connectivity index (χ3v) is 3.57. The summed E-state index contributed by atoms with van der Waals surface area (Å²) in [5.41, 5.74) is 8.23. The van der Waals surface area contributed by atoms with Crippen molar-refractivity contribution in [1.82, 2.24) is 15.0 Å². The van der Waals surface area contributed by atoms with Gasteiger partial charge in [0.15, 0.2) is 0 Å². The molecule has 0 radical (unpaired) electrons. The van der Waals surface area contributed by atoms with Crippen LogP contribution in [0.1, 0.15) is 10.4 Å². The van der Waals surface area contributed by atoms with Crippen LogP contribution in [0.25, 0.3) is 22.2 Å². The van der Waals surface area contributed by atoms with Crippen molar-refractivity contribution in [3.8, 4) is 11.3 Å². The Morgan fingerprint density at radius 2 is 2.00 bits per heavy atom. The molecule has 0 aliphatic carbocycles. The van der Waals surface area contributed by atoms with Gasteiger partial charge >= 0.3 is 0 Å². The molecule has 0 saturated carbocycles. The molecule has 6 heteroatoms. The third kappa shape index (κ3) is 2.00. The molecule has 2 aromatic heterocycles. The number of nitrogens with zero attached hydrogens (tertiary/aromatic N) is 2. The number of primary amides is 1. The van der Waals surface area contributed by atoms with E-state index in [9.17, 15) is 4.79 Å². The van der Waals surface area contributed by atoms with E-state index in [1.807, 2.05) is 12.1 Å². The van der Waals surface area contributed by atoms with Crippen molar-refractivity contribution in [3.05, 3.63) is 47.0 Å². The lowest BCUT2D eigenvalue weighted by molar-refractivity contribution is 0.100. The second-order valence-corrected chi connectivity index (χ2v) is 4.91. The Morgan fingerprint density at radius 3 is 2.68 bits per heavy atom. The fraction of sp³-hybridized carbons (Fsp3) is 0. The predicted octanol–water partition coefficient (Wildman–Crippen LogP) is 2.49. The average molecular weight is 317 g/mol. The summed E-state index contributed by atoms with van der Waals surface area (Å²) < 4.78 is 0.895. The minimum Gasteiger partial charge on any atom is -0.366 e. The van der Waals surface area contributed by atoms with Crippen molar-refractivity contribution in [1.29, 1.82) is 0 Å². The molecular formula is C13H9BrN4O. The van der Waals surface area contributed by atoms with E-state index in [2.05, 4.69) is 30.9 Å². The van der Waals surface area contributed by atoms with Crippen LogP contribution in [0.2, 0.25) is 0 Å². The first kappa shape index (κ1) is 11.9. The highest BCUT2D eigenvalue weighted by Gasteiger charge is 2.13. The minimum atomic E-state index is -0.463. The van der Waals surface area contributed by atoms with Crippen molar-refractivity contribution in [2.75, 3.05) is 0 Å². The quantitative estimate of drug-likeness (QED) is 0.761. The number of nitrogens with one attached hydrogen (secondary N) is 1. The number of halogens is 1. The van der Waals surface area contributed by atoms with Crippen LogP contribution in [0.4, 0.5) is 0 Å². The number of aromatic amines is 1. The summed E-state index contributed by atoms with van der Waals surface area (Å²) in [6.45, 7) is 0. The van der Waals surface area contributed by atoms with Gasteiger partial charge in [-0.15, -0.1) is 0 Å². The van der Waals surface area contributed by atoms with Crippen LogP contribution in [-0.2, 0) is 0 Å². The van der Waals surface area contributed by atoms with Crippen LogP contribution >= 0.6 is 15.9 Å². The van der Waals surface area contributed by atoms with E-state index in [0.717, 1.165) is 21.1 Å². The van der Waals surface area contributed by atoms with Gasteiger partial charge in [0.2, 0.25) is 0 Å². The van der Waals surface area contributed by atoms with Crippen LogP contribution < -0.4 is 5.73 Å². The maximum absolute atomic E-state index is 11.4. The highest BCUT2D eigenvalue weighted by atomic mass is 79.9. The fourth-order valence-electron chi connectivity index (χ4n) is 1.98. The van der Waals surface area contributed by atoms with Gasteiger partial charge in [0, 0.05) is 33.5 Å². The summed E-state index contributed by atoms with van der Waals surface area (Å²) in [7, 11) is 0. The predicted molar refractivity (Wildman–Crippen MR) is 75.5 cm³/mol. The molecule has 5 nitrogen and oxygen atoms in total. The maximum Gasteiger partial charge on any atom is 0.250 e. The molecule has 0 bridgehead atoms. The first-order valence-electron chi connectivity index (χ1n) is 5.53. The zero-order valence-corrected chi connectivity index (χ0v) is 11.3. The van der Waals surface area contributed by atoms with Gasteiger partial charge in [-0.25, -0.2) is 9.97 Å². The molecule has 0 spiro atoms. The Labute approximate surface area is 117 Å². The summed E-state index contributed by atoms with van der Waals surface area (Å²) in [5, 5.41) is 0.898. The van der Waals surface area contributed by atoms with Crippen LogP contribution in [-0.4, -0.2) is 20.9 Å². The van der Waals surface area contributed by atoms with Crippen molar-refractivity contribution in [3.63, 3.8) is 0 Å². The van der Waals surface area contributed by atoms with Crippen LogP contribution in [0.5, 0.6) is 0 Å². The number of aromatic nitrogens is 3. The van der Waals surface area contributed by atoms with Gasteiger partial charge in [0.25, 0.3) is 5.91 Å². The van der Waals surface area contributed by atoms with Gasteiger partial charge in [0.1, 0.15) is 6.33 Å². The number of hydrogen-bond acceptors (Lipinski definition) is 3. The standard InChI is InChI=1S/C13H9BrN4O/c14-10-2-1-8(13(15)19)12-9(10)3-11(18-12)7-4-16-6-17-5-7/h1-6,18H,(H2,15,19). The zero-order valence-electron chi connectivity index (χ0n) is 9.72. The summed E-state index contributed by atoms with van der Waals surface area (Å²) in [5.74, 6) is -0.463. The largest absolute Gasteiger partial charge is 0.366 e. The highest BCUT2D eigenvalue weighted by Crippen LogP contribution is 2.30. The number of fused-ring (bicyclic) bond motifs is 1. The minimum absolute atomic E-state index is 0.460. The van der Waals surface area contributed by atoms with Gasteiger partial charge in [-0.3, -0.25) is 4.79 Å². The van der Waals surface area contributed by atoms with Gasteiger partial charge in [-0.2, -0.15) is 0 Å². The zero-order chi connectivity index (χ0) is 13.4. The third-order valence-electron chi connectivity index (χ3n) is 2.88.